The normalized spacial score (nSPS) is 16.2. The van der Waals surface area contributed by atoms with Gasteiger partial charge < -0.3 is 5.32 Å². The first kappa shape index (κ1) is 13.7. The largest absolute Gasteiger partial charge is 0.385 e. The third-order valence-electron chi connectivity index (χ3n) is 4.31. The van der Waals surface area contributed by atoms with Crippen LogP contribution in [0.15, 0.2) is 41.8 Å². The molecule has 3 rings (SSSR count). The summed E-state index contributed by atoms with van der Waals surface area (Å²) in [6.45, 7) is 1.10. The lowest BCUT2D eigenvalue weighted by atomic mass is 9.87. The molecule has 0 spiro atoms. The lowest BCUT2D eigenvalue weighted by Crippen LogP contribution is -2.12. The van der Waals surface area contributed by atoms with Gasteiger partial charge in [-0.3, -0.25) is 0 Å². The minimum atomic E-state index is 0.949. The zero-order chi connectivity index (χ0) is 13.6. The molecule has 1 aliphatic carbocycles. The van der Waals surface area contributed by atoms with E-state index in [0.29, 0.717) is 0 Å². The second kappa shape index (κ2) is 6.94. The predicted octanol–water partition coefficient (Wildman–Crippen LogP) is 5.80. The van der Waals surface area contributed by atoms with Gasteiger partial charge in [-0.1, -0.05) is 56.4 Å². The third-order valence-corrected chi connectivity index (χ3v) is 5.21. The molecule has 1 fully saturated rings. The molecule has 0 radical (unpaired) electrons. The lowest BCUT2D eigenvalue weighted by Gasteiger charge is -2.22. The van der Waals surface area contributed by atoms with Gasteiger partial charge in [0.25, 0.3) is 0 Å². The smallest absolute Gasteiger partial charge is 0.0428 e. The molecular formula is C18H23NS. The molecule has 1 saturated carbocycles. The average Bonchev–Trinajstić information content (AvgIpc) is 3.03. The Morgan fingerprint density at radius 3 is 2.65 bits per heavy atom. The van der Waals surface area contributed by atoms with Crippen LogP contribution in [-0.2, 0) is 0 Å². The molecule has 1 aromatic carbocycles. The third kappa shape index (κ3) is 3.43. The molecular weight excluding hydrogens is 262 g/mol. The molecule has 0 atom stereocenters. The summed E-state index contributed by atoms with van der Waals surface area (Å²) in [4.78, 5) is 1.35. The van der Waals surface area contributed by atoms with Crippen molar-refractivity contribution in [3.05, 3.63) is 41.8 Å². The van der Waals surface area contributed by atoms with Crippen LogP contribution in [0.4, 0.5) is 5.69 Å². The summed E-state index contributed by atoms with van der Waals surface area (Å²) < 4.78 is 0. The molecule has 1 aromatic heterocycles. The molecule has 20 heavy (non-hydrogen) atoms. The Hall–Kier alpha value is -1.28. The van der Waals surface area contributed by atoms with E-state index in [1.165, 1.54) is 54.7 Å². The van der Waals surface area contributed by atoms with Crippen molar-refractivity contribution in [3.63, 3.8) is 0 Å². The summed E-state index contributed by atoms with van der Waals surface area (Å²) in [7, 11) is 0. The molecule has 0 aliphatic heterocycles. The number of nitrogens with one attached hydrogen (secondary N) is 1. The fourth-order valence-electron chi connectivity index (χ4n) is 3.17. The van der Waals surface area contributed by atoms with E-state index in [4.69, 9.17) is 0 Å². The van der Waals surface area contributed by atoms with Crippen molar-refractivity contribution < 1.29 is 0 Å². The number of anilines is 1. The van der Waals surface area contributed by atoms with Crippen molar-refractivity contribution in [2.45, 2.75) is 38.5 Å². The Bertz CT molecular complexity index is 512. The average molecular weight is 285 g/mol. The Morgan fingerprint density at radius 1 is 1.00 bits per heavy atom. The van der Waals surface area contributed by atoms with E-state index in [1.807, 2.05) is 11.3 Å². The van der Waals surface area contributed by atoms with Crippen molar-refractivity contribution in [1.29, 1.82) is 0 Å². The molecule has 0 amide bonds. The van der Waals surface area contributed by atoms with Crippen molar-refractivity contribution in [2.75, 3.05) is 11.9 Å². The fraction of sp³-hybridized carbons (Fsp3) is 0.444. The molecule has 1 heterocycles. The van der Waals surface area contributed by atoms with Crippen LogP contribution >= 0.6 is 11.3 Å². The minimum absolute atomic E-state index is 0.949. The second-order valence-corrected chi connectivity index (χ2v) is 6.69. The van der Waals surface area contributed by atoms with Crippen LogP contribution in [-0.4, -0.2) is 6.54 Å². The van der Waals surface area contributed by atoms with E-state index in [2.05, 4.69) is 47.1 Å². The van der Waals surface area contributed by atoms with Gasteiger partial charge in [-0.15, -0.1) is 11.3 Å². The van der Waals surface area contributed by atoms with Crippen molar-refractivity contribution in [3.8, 4) is 10.4 Å². The summed E-state index contributed by atoms with van der Waals surface area (Å²) in [6.07, 6.45) is 8.53. The SMILES string of the molecule is c1csc(-c2ccccc2NCCC2CCCCC2)c1. The van der Waals surface area contributed by atoms with Gasteiger partial charge in [-0.05, 0) is 29.9 Å². The number of hydrogen-bond acceptors (Lipinski definition) is 2. The maximum atomic E-state index is 3.66. The van der Waals surface area contributed by atoms with Gasteiger partial charge in [-0.2, -0.15) is 0 Å². The Kier molecular flexibility index (Phi) is 4.75. The first-order chi connectivity index (χ1) is 9.93. The standard InChI is InChI=1S/C18H23NS/c1-2-7-15(8-3-1)12-13-19-17-10-5-4-9-16(17)18-11-6-14-20-18/h4-6,9-11,14-15,19H,1-3,7-8,12-13H2. The van der Waals surface area contributed by atoms with Gasteiger partial charge in [0, 0.05) is 22.7 Å². The second-order valence-electron chi connectivity index (χ2n) is 5.74. The van der Waals surface area contributed by atoms with E-state index >= 15 is 0 Å². The van der Waals surface area contributed by atoms with Crippen molar-refractivity contribution >= 4 is 17.0 Å². The highest BCUT2D eigenvalue weighted by Crippen LogP contribution is 2.32. The van der Waals surface area contributed by atoms with Crippen LogP contribution in [0.1, 0.15) is 38.5 Å². The Labute approximate surface area is 126 Å². The maximum absolute atomic E-state index is 3.66. The van der Waals surface area contributed by atoms with Crippen LogP contribution in [0.2, 0.25) is 0 Å². The van der Waals surface area contributed by atoms with Crippen LogP contribution in [0.3, 0.4) is 0 Å². The fourth-order valence-corrected chi connectivity index (χ4v) is 3.94. The molecule has 0 unspecified atom stereocenters. The van der Waals surface area contributed by atoms with Gasteiger partial charge in [0.15, 0.2) is 0 Å². The topological polar surface area (TPSA) is 12.0 Å². The molecule has 1 aliphatic rings. The summed E-state index contributed by atoms with van der Waals surface area (Å²) in [5, 5.41) is 5.80. The van der Waals surface area contributed by atoms with E-state index in [0.717, 1.165) is 12.5 Å². The van der Waals surface area contributed by atoms with Crippen LogP contribution < -0.4 is 5.32 Å². The van der Waals surface area contributed by atoms with Gasteiger partial charge in [-0.25, -0.2) is 0 Å². The number of rotatable bonds is 5. The Morgan fingerprint density at radius 2 is 1.85 bits per heavy atom. The predicted molar refractivity (Wildman–Crippen MR) is 89.4 cm³/mol. The quantitative estimate of drug-likeness (QED) is 0.732. The van der Waals surface area contributed by atoms with Crippen LogP contribution in [0.25, 0.3) is 10.4 Å². The first-order valence-electron chi connectivity index (χ1n) is 7.80. The van der Waals surface area contributed by atoms with E-state index in [-0.39, 0.29) is 0 Å². The highest BCUT2D eigenvalue weighted by molar-refractivity contribution is 7.13. The Balaban J connectivity index is 1.60. The van der Waals surface area contributed by atoms with Crippen molar-refractivity contribution in [2.24, 2.45) is 5.92 Å². The highest BCUT2D eigenvalue weighted by atomic mass is 32.1. The number of benzene rings is 1. The lowest BCUT2D eigenvalue weighted by molar-refractivity contribution is 0.345. The molecule has 2 heteroatoms. The van der Waals surface area contributed by atoms with Crippen LogP contribution in [0.5, 0.6) is 0 Å². The summed E-state index contributed by atoms with van der Waals surface area (Å²) in [5.41, 5.74) is 2.62. The number of para-hydroxylation sites is 1. The van der Waals surface area contributed by atoms with Crippen LogP contribution in [0, 0.1) is 5.92 Å². The number of hydrogen-bond donors (Lipinski definition) is 1. The molecule has 0 saturated heterocycles. The highest BCUT2D eigenvalue weighted by Gasteiger charge is 2.13. The van der Waals surface area contributed by atoms with E-state index in [1.54, 1.807) is 0 Å². The molecule has 0 bridgehead atoms. The maximum Gasteiger partial charge on any atom is 0.0428 e. The molecule has 1 N–H and O–H groups in total. The minimum Gasteiger partial charge on any atom is -0.385 e. The summed E-state index contributed by atoms with van der Waals surface area (Å²) in [6, 6.07) is 13.0. The zero-order valence-corrected chi connectivity index (χ0v) is 12.8. The van der Waals surface area contributed by atoms with Gasteiger partial charge in [0.1, 0.15) is 0 Å². The van der Waals surface area contributed by atoms with Gasteiger partial charge >= 0.3 is 0 Å². The summed E-state index contributed by atoms with van der Waals surface area (Å²) in [5.74, 6) is 0.949. The van der Waals surface area contributed by atoms with E-state index < -0.39 is 0 Å². The number of thiophene rings is 1. The van der Waals surface area contributed by atoms with Gasteiger partial charge in [0.2, 0.25) is 0 Å². The zero-order valence-electron chi connectivity index (χ0n) is 12.0. The van der Waals surface area contributed by atoms with E-state index in [9.17, 15) is 0 Å². The van der Waals surface area contributed by atoms with Crippen molar-refractivity contribution in [1.82, 2.24) is 0 Å². The summed E-state index contributed by atoms with van der Waals surface area (Å²) >= 11 is 1.81. The molecule has 106 valence electrons. The molecule has 2 aromatic rings. The molecule has 1 nitrogen and oxygen atoms in total. The van der Waals surface area contributed by atoms with Gasteiger partial charge in [0.05, 0.1) is 0 Å². The monoisotopic (exact) mass is 285 g/mol. The first-order valence-corrected chi connectivity index (χ1v) is 8.68.